The lowest BCUT2D eigenvalue weighted by molar-refractivity contribution is -0.138. The predicted molar refractivity (Wildman–Crippen MR) is 108 cm³/mol. The number of hydrogen-bond donors (Lipinski definition) is 0. The molecule has 7 heteroatoms. The van der Waals surface area contributed by atoms with Crippen LogP contribution in [0.5, 0.6) is 0 Å². The number of benzene rings is 1. The molecule has 150 valence electrons. The minimum Gasteiger partial charge on any atom is -0.452 e. The van der Waals surface area contributed by atoms with Crippen molar-refractivity contribution in [2.45, 2.75) is 38.6 Å². The van der Waals surface area contributed by atoms with Crippen molar-refractivity contribution < 1.29 is 14.3 Å². The number of nitrogens with zero attached hydrogens (tertiary/aromatic N) is 4. The molecule has 7 nitrogen and oxygen atoms in total. The quantitative estimate of drug-likeness (QED) is 0.623. The molecular formula is C22H24N4O3. The SMILES string of the molecule is CCC1CCCCN1C(=O)COC(=O)c1cnn2c(-c3ccccc3)ccnc12. The third kappa shape index (κ3) is 3.85. The molecule has 4 rings (SSSR count). The smallest absolute Gasteiger partial charge is 0.344 e. The van der Waals surface area contributed by atoms with Crippen LogP contribution in [0.2, 0.25) is 0 Å². The van der Waals surface area contributed by atoms with Gasteiger partial charge in [0.2, 0.25) is 0 Å². The van der Waals surface area contributed by atoms with Crippen molar-refractivity contribution in [2.75, 3.05) is 13.2 Å². The first-order chi connectivity index (χ1) is 14.2. The van der Waals surface area contributed by atoms with Gasteiger partial charge in [-0.05, 0) is 31.7 Å². The van der Waals surface area contributed by atoms with Gasteiger partial charge in [-0.15, -0.1) is 0 Å². The van der Waals surface area contributed by atoms with E-state index in [0.717, 1.165) is 43.5 Å². The van der Waals surface area contributed by atoms with Crippen LogP contribution in [0.4, 0.5) is 0 Å². The Bertz CT molecular complexity index is 1020. The zero-order chi connectivity index (χ0) is 20.2. The van der Waals surface area contributed by atoms with Gasteiger partial charge >= 0.3 is 5.97 Å². The number of fused-ring (bicyclic) bond motifs is 1. The molecule has 2 aromatic heterocycles. The summed E-state index contributed by atoms with van der Waals surface area (Å²) in [6.45, 7) is 2.55. The Morgan fingerprint density at radius 2 is 2.00 bits per heavy atom. The number of ether oxygens (including phenoxy) is 1. The van der Waals surface area contributed by atoms with Crippen molar-refractivity contribution in [3.63, 3.8) is 0 Å². The molecule has 0 N–H and O–H groups in total. The summed E-state index contributed by atoms with van der Waals surface area (Å²) in [7, 11) is 0. The van der Waals surface area contributed by atoms with E-state index < -0.39 is 5.97 Å². The number of esters is 1. The van der Waals surface area contributed by atoms with E-state index in [1.54, 1.807) is 10.7 Å². The highest BCUT2D eigenvalue weighted by Gasteiger charge is 2.26. The van der Waals surface area contributed by atoms with Crippen LogP contribution in [0.1, 0.15) is 43.0 Å². The predicted octanol–water partition coefficient (Wildman–Crippen LogP) is 3.34. The van der Waals surface area contributed by atoms with Crippen LogP contribution in [0.15, 0.2) is 48.8 Å². The van der Waals surface area contributed by atoms with Crippen molar-refractivity contribution in [1.82, 2.24) is 19.5 Å². The Hall–Kier alpha value is -3.22. The van der Waals surface area contributed by atoms with Gasteiger partial charge in [-0.3, -0.25) is 4.79 Å². The third-order valence-corrected chi connectivity index (χ3v) is 5.44. The fourth-order valence-electron chi connectivity index (χ4n) is 3.90. The summed E-state index contributed by atoms with van der Waals surface area (Å²) in [5.74, 6) is -0.726. The maximum absolute atomic E-state index is 12.6. The first-order valence-electron chi connectivity index (χ1n) is 10.0. The van der Waals surface area contributed by atoms with Gasteiger partial charge in [-0.25, -0.2) is 14.3 Å². The molecule has 1 atom stereocenters. The van der Waals surface area contributed by atoms with Crippen LogP contribution < -0.4 is 0 Å². The van der Waals surface area contributed by atoms with Gasteiger partial charge in [0.05, 0.1) is 11.9 Å². The summed E-state index contributed by atoms with van der Waals surface area (Å²) in [6.07, 6.45) is 7.14. The summed E-state index contributed by atoms with van der Waals surface area (Å²) in [5.41, 5.74) is 2.45. The van der Waals surface area contributed by atoms with Crippen molar-refractivity contribution in [2.24, 2.45) is 0 Å². The number of carbonyl (C=O) groups excluding carboxylic acids is 2. The molecule has 0 bridgehead atoms. The second-order valence-corrected chi connectivity index (χ2v) is 7.21. The summed E-state index contributed by atoms with van der Waals surface area (Å²) >= 11 is 0. The molecule has 1 aliphatic rings. The molecule has 1 saturated heterocycles. The Morgan fingerprint density at radius 1 is 1.17 bits per heavy atom. The van der Waals surface area contributed by atoms with E-state index in [4.69, 9.17) is 4.74 Å². The molecule has 1 fully saturated rings. The monoisotopic (exact) mass is 392 g/mol. The maximum atomic E-state index is 12.6. The Labute approximate surface area is 169 Å². The molecule has 0 spiro atoms. The number of aromatic nitrogens is 3. The first kappa shape index (κ1) is 19.1. The van der Waals surface area contributed by atoms with Gasteiger partial charge in [0.1, 0.15) is 5.56 Å². The highest BCUT2D eigenvalue weighted by molar-refractivity contribution is 5.97. The van der Waals surface area contributed by atoms with E-state index >= 15 is 0 Å². The van der Waals surface area contributed by atoms with E-state index in [1.165, 1.54) is 6.20 Å². The molecule has 0 saturated carbocycles. The minimum atomic E-state index is -0.587. The normalized spacial score (nSPS) is 16.7. The molecule has 1 unspecified atom stereocenters. The van der Waals surface area contributed by atoms with Crippen LogP contribution in [0, 0.1) is 0 Å². The zero-order valence-electron chi connectivity index (χ0n) is 16.5. The first-order valence-corrected chi connectivity index (χ1v) is 10.0. The van der Waals surface area contributed by atoms with Gasteiger partial charge < -0.3 is 9.64 Å². The molecule has 3 heterocycles. The molecule has 1 aromatic carbocycles. The highest BCUT2D eigenvalue weighted by Crippen LogP contribution is 2.22. The number of rotatable bonds is 5. The third-order valence-electron chi connectivity index (χ3n) is 5.44. The van der Waals surface area contributed by atoms with Crippen molar-refractivity contribution in [3.05, 3.63) is 54.4 Å². The Balaban J connectivity index is 1.50. The molecular weight excluding hydrogens is 368 g/mol. The molecule has 0 radical (unpaired) electrons. The summed E-state index contributed by atoms with van der Waals surface area (Å²) in [4.78, 5) is 31.3. The van der Waals surface area contributed by atoms with Crippen LogP contribution in [-0.4, -0.2) is 50.6 Å². The van der Waals surface area contributed by atoms with E-state index in [2.05, 4.69) is 17.0 Å². The van der Waals surface area contributed by atoms with Crippen molar-refractivity contribution >= 4 is 17.5 Å². The average molecular weight is 392 g/mol. The largest absolute Gasteiger partial charge is 0.452 e. The molecule has 0 aliphatic carbocycles. The standard InChI is InChI=1S/C22H24N4O3/c1-2-17-10-6-7-13-25(17)20(27)15-29-22(28)18-14-24-26-19(11-12-23-21(18)26)16-8-4-3-5-9-16/h3-5,8-9,11-12,14,17H,2,6-7,10,13,15H2,1H3. The summed E-state index contributed by atoms with van der Waals surface area (Å²) in [6, 6.07) is 11.8. The number of likely N-dealkylation sites (tertiary alicyclic amines) is 1. The zero-order valence-corrected chi connectivity index (χ0v) is 16.5. The minimum absolute atomic E-state index is 0.140. The molecule has 1 amide bonds. The van der Waals surface area contributed by atoms with Crippen molar-refractivity contribution in [1.29, 1.82) is 0 Å². The number of carbonyl (C=O) groups is 2. The van der Waals surface area contributed by atoms with Crippen LogP contribution in [-0.2, 0) is 9.53 Å². The van der Waals surface area contributed by atoms with Crippen LogP contribution >= 0.6 is 0 Å². The number of hydrogen-bond acceptors (Lipinski definition) is 5. The topological polar surface area (TPSA) is 76.8 Å². The lowest BCUT2D eigenvalue weighted by Crippen LogP contribution is -2.45. The number of amides is 1. The Kier molecular flexibility index (Phi) is 5.55. The van der Waals surface area contributed by atoms with Gasteiger partial charge in [0, 0.05) is 24.3 Å². The molecule has 1 aliphatic heterocycles. The van der Waals surface area contributed by atoms with Gasteiger partial charge in [-0.1, -0.05) is 37.3 Å². The lowest BCUT2D eigenvalue weighted by atomic mass is 10.00. The fourth-order valence-corrected chi connectivity index (χ4v) is 3.90. The van der Waals surface area contributed by atoms with E-state index in [1.807, 2.05) is 41.3 Å². The second kappa shape index (κ2) is 8.43. The second-order valence-electron chi connectivity index (χ2n) is 7.21. The summed E-state index contributed by atoms with van der Waals surface area (Å²) < 4.78 is 6.94. The average Bonchev–Trinajstić information content (AvgIpc) is 3.22. The lowest BCUT2D eigenvalue weighted by Gasteiger charge is -2.35. The maximum Gasteiger partial charge on any atom is 0.344 e. The van der Waals surface area contributed by atoms with Crippen LogP contribution in [0.3, 0.4) is 0 Å². The molecule has 29 heavy (non-hydrogen) atoms. The van der Waals surface area contributed by atoms with Gasteiger partial charge in [0.15, 0.2) is 12.3 Å². The van der Waals surface area contributed by atoms with E-state index in [9.17, 15) is 9.59 Å². The van der Waals surface area contributed by atoms with Crippen molar-refractivity contribution in [3.8, 4) is 11.3 Å². The summed E-state index contributed by atoms with van der Waals surface area (Å²) in [5, 5.41) is 4.32. The Morgan fingerprint density at radius 3 is 2.79 bits per heavy atom. The van der Waals surface area contributed by atoms with Gasteiger partial charge in [0.25, 0.3) is 5.91 Å². The number of piperidine rings is 1. The fraction of sp³-hybridized carbons (Fsp3) is 0.364. The van der Waals surface area contributed by atoms with E-state index in [-0.39, 0.29) is 24.1 Å². The van der Waals surface area contributed by atoms with E-state index in [0.29, 0.717) is 5.65 Å². The highest BCUT2D eigenvalue weighted by atomic mass is 16.5. The van der Waals surface area contributed by atoms with Gasteiger partial charge in [-0.2, -0.15) is 5.10 Å². The molecule has 3 aromatic rings. The van der Waals surface area contributed by atoms with Crippen LogP contribution in [0.25, 0.3) is 16.9 Å².